The van der Waals surface area contributed by atoms with Gasteiger partial charge in [-0.3, -0.25) is 19.9 Å². The number of nitro groups is 1. The van der Waals surface area contributed by atoms with Gasteiger partial charge in [0.25, 0.3) is 0 Å². The number of rotatable bonds is 12. The van der Waals surface area contributed by atoms with Gasteiger partial charge in [-0.2, -0.15) is 9.97 Å². The Morgan fingerprint density at radius 3 is 2.72 bits per heavy atom. The zero-order valence-corrected chi connectivity index (χ0v) is 21.0. The highest BCUT2D eigenvalue weighted by molar-refractivity contribution is 5.78. The number of carbonyl (C=O) groups excluding carboxylic acids is 1. The first-order valence-electron chi connectivity index (χ1n) is 12.0. The number of hydrogen-bond acceptors (Lipinski definition) is 11. The predicted molar refractivity (Wildman–Crippen MR) is 136 cm³/mol. The first-order valence-corrected chi connectivity index (χ1v) is 12.0. The molecule has 0 bridgehead atoms. The van der Waals surface area contributed by atoms with Crippen molar-refractivity contribution in [3.8, 4) is 6.01 Å². The number of nitrogens with two attached hydrogens (primary N) is 1. The van der Waals surface area contributed by atoms with Gasteiger partial charge in [0.05, 0.1) is 23.8 Å². The van der Waals surface area contributed by atoms with E-state index in [1.54, 1.807) is 13.1 Å². The van der Waals surface area contributed by atoms with Gasteiger partial charge in [-0.1, -0.05) is 25.5 Å². The molecule has 0 radical (unpaired) electrons. The predicted octanol–water partition coefficient (Wildman–Crippen LogP) is 2.83. The number of unbranched alkanes of at least 4 members (excludes halogenated alkanes) is 1. The normalized spacial score (nSPS) is 13.7. The first kappa shape index (κ1) is 26.8. The standard InChI is InChI=1S/C24H33N7O5/c1-4-6-13-36-24-27-22(25)21(31(33)34)23(28-24)30(16-20(32)35-5-2)15-17-7-8-19(26-14-17)18-9-11-29(3)12-10-18/h7-9,14H,4-6,10-13,15-16H2,1-3H3,(H2,25,27,28). The Morgan fingerprint density at radius 1 is 1.31 bits per heavy atom. The van der Waals surface area contributed by atoms with Crippen molar-refractivity contribution in [2.24, 2.45) is 0 Å². The van der Waals surface area contributed by atoms with Crippen molar-refractivity contribution in [3.05, 3.63) is 45.8 Å². The number of anilines is 2. The second kappa shape index (κ2) is 12.8. The Hall–Kier alpha value is -3.80. The molecule has 0 amide bonds. The van der Waals surface area contributed by atoms with Crippen LogP contribution >= 0.6 is 0 Å². The number of aromatic nitrogens is 3. The molecule has 0 saturated heterocycles. The van der Waals surface area contributed by atoms with Gasteiger partial charge in [-0.15, -0.1) is 0 Å². The van der Waals surface area contributed by atoms with E-state index in [4.69, 9.17) is 15.2 Å². The van der Waals surface area contributed by atoms with Crippen LogP contribution in [0.15, 0.2) is 24.4 Å². The number of ether oxygens (including phenoxy) is 2. The van der Waals surface area contributed by atoms with E-state index in [2.05, 4.69) is 33.0 Å². The van der Waals surface area contributed by atoms with Crippen molar-refractivity contribution < 1.29 is 19.2 Å². The molecule has 194 valence electrons. The maximum atomic E-state index is 12.4. The van der Waals surface area contributed by atoms with Gasteiger partial charge in [0.1, 0.15) is 6.54 Å². The minimum Gasteiger partial charge on any atom is -0.465 e. The summed E-state index contributed by atoms with van der Waals surface area (Å²) in [5.74, 6) is -1.01. The van der Waals surface area contributed by atoms with Crippen molar-refractivity contribution in [2.45, 2.75) is 39.7 Å². The van der Waals surface area contributed by atoms with E-state index in [1.807, 2.05) is 19.1 Å². The molecule has 0 saturated carbocycles. The monoisotopic (exact) mass is 499 g/mol. The van der Waals surface area contributed by atoms with Crippen LogP contribution in [0.4, 0.5) is 17.3 Å². The fourth-order valence-corrected chi connectivity index (χ4v) is 3.71. The largest absolute Gasteiger partial charge is 0.465 e. The molecule has 2 N–H and O–H groups in total. The van der Waals surface area contributed by atoms with Gasteiger partial charge in [-0.25, -0.2) is 0 Å². The van der Waals surface area contributed by atoms with E-state index in [9.17, 15) is 14.9 Å². The quantitative estimate of drug-likeness (QED) is 0.199. The molecule has 0 atom stereocenters. The number of carbonyl (C=O) groups is 1. The van der Waals surface area contributed by atoms with Crippen molar-refractivity contribution in [1.29, 1.82) is 0 Å². The van der Waals surface area contributed by atoms with Crippen LogP contribution in [0.3, 0.4) is 0 Å². The Labute approximate surface area is 210 Å². The summed E-state index contributed by atoms with van der Waals surface area (Å²) in [4.78, 5) is 40.1. The van der Waals surface area contributed by atoms with Crippen LogP contribution in [-0.4, -0.2) is 70.6 Å². The zero-order valence-electron chi connectivity index (χ0n) is 21.0. The molecule has 0 unspecified atom stereocenters. The molecular weight excluding hydrogens is 466 g/mol. The van der Waals surface area contributed by atoms with Crippen molar-refractivity contribution in [1.82, 2.24) is 19.9 Å². The maximum Gasteiger partial charge on any atom is 0.353 e. The van der Waals surface area contributed by atoms with E-state index in [0.29, 0.717) is 6.61 Å². The summed E-state index contributed by atoms with van der Waals surface area (Å²) in [6.07, 6.45) is 6.41. The SMILES string of the molecule is CCCCOc1nc(N)c([N+](=O)[O-])c(N(CC(=O)OCC)Cc2ccc(C3=CCN(C)CC3)nc2)n1. The lowest BCUT2D eigenvalue weighted by atomic mass is 10.0. The molecule has 0 aromatic carbocycles. The lowest BCUT2D eigenvalue weighted by Crippen LogP contribution is -2.32. The Morgan fingerprint density at radius 2 is 2.11 bits per heavy atom. The van der Waals surface area contributed by atoms with E-state index in [0.717, 1.165) is 43.6 Å². The molecule has 0 spiro atoms. The summed E-state index contributed by atoms with van der Waals surface area (Å²) < 4.78 is 10.7. The summed E-state index contributed by atoms with van der Waals surface area (Å²) in [6.45, 7) is 5.86. The molecule has 12 heteroatoms. The Kier molecular flexibility index (Phi) is 9.51. The summed E-state index contributed by atoms with van der Waals surface area (Å²) in [5, 5.41) is 11.9. The minimum absolute atomic E-state index is 0.0851. The maximum absolute atomic E-state index is 12.4. The van der Waals surface area contributed by atoms with E-state index < -0.39 is 16.6 Å². The Balaban J connectivity index is 1.93. The molecule has 1 aliphatic rings. The average Bonchev–Trinajstić information content (AvgIpc) is 2.84. The third-order valence-electron chi connectivity index (χ3n) is 5.65. The van der Waals surface area contributed by atoms with Crippen LogP contribution in [0.25, 0.3) is 5.57 Å². The number of hydrogen-bond donors (Lipinski definition) is 1. The van der Waals surface area contributed by atoms with Gasteiger partial charge < -0.3 is 25.0 Å². The van der Waals surface area contributed by atoms with E-state index in [1.165, 1.54) is 10.5 Å². The molecule has 3 heterocycles. The van der Waals surface area contributed by atoms with Crippen LogP contribution in [0.1, 0.15) is 44.4 Å². The summed E-state index contributed by atoms with van der Waals surface area (Å²) >= 11 is 0. The Bertz CT molecular complexity index is 1090. The molecular formula is C24H33N7O5. The summed E-state index contributed by atoms with van der Waals surface area (Å²) in [7, 11) is 2.07. The van der Waals surface area contributed by atoms with Crippen LogP contribution in [0, 0.1) is 10.1 Å². The molecule has 12 nitrogen and oxygen atoms in total. The van der Waals surface area contributed by atoms with E-state index >= 15 is 0 Å². The topological polar surface area (TPSA) is 150 Å². The lowest BCUT2D eigenvalue weighted by molar-refractivity contribution is -0.383. The summed E-state index contributed by atoms with van der Waals surface area (Å²) in [6, 6.07) is 3.71. The first-order chi connectivity index (χ1) is 17.3. The zero-order chi connectivity index (χ0) is 26.1. The fourth-order valence-electron chi connectivity index (χ4n) is 3.71. The van der Waals surface area contributed by atoms with Crippen molar-refractivity contribution in [2.75, 3.05) is 50.5 Å². The van der Waals surface area contributed by atoms with Gasteiger partial charge >= 0.3 is 17.7 Å². The molecule has 2 aromatic heterocycles. The second-order valence-corrected chi connectivity index (χ2v) is 8.48. The molecule has 0 aliphatic carbocycles. The number of nitrogen functional groups attached to an aromatic ring is 1. The van der Waals surface area contributed by atoms with E-state index in [-0.39, 0.29) is 37.3 Å². The number of nitrogens with zero attached hydrogens (tertiary/aromatic N) is 6. The average molecular weight is 500 g/mol. The third-order valence-corrected chi connectivity index (χ3v) is 5.65. The van der Waals surface area contributed by atoms with Crippen LogP contribution in [-0.2, 0) is 16.1 Å². The van der Waals surface area contributed by atoms with Gasteiger partial charge in [0, 0.05) is 25.8 Å². The molecule has 1 aliphatic heterocycles. The molecule has 2 aromatic rings. The van der Waals surface area contributed by atoms with Crippen LogP contribution in [0.5, 0.6) is 6.01 Å². The fraction of sp³-hybridized carbons (Fsp3) is 0.500. The van der Waals surface area contributed by atoms with Gasteiger partial charge in [-0.05, 0) is 44.0 Å². The highest BCUT2D eigenvalue weighted by atomic mass is 16.6. The molecule has 0 fully saturated rings. The second-order valence-electron chi connectivity index (χ2n) is 8.48. The van der Waals surface area contributed by atoms with Crippen LogP contribution in [0.2, 0.25) is 0 Å². The van der Waals surface area contributed by atoms with Crippen LogP contribution < -0.4 is 15.4 Å². The molecule has 3 rings (SSSR count). The van der Waals surface area contributed by atoms with Gasteiger partial charge in [0.15, 0.2) is 0 Å². The smallest absolute Gasteiger partial charge is 0.353 e. The summed E-state index contributed by atoms with van der Waals surface area (Å²) in [5.41, 5.74) is 8.22. The highest BCUT2D eigenvalue weighted by Crippen LogP contribution is 2.33. The highest BCUT2D eigenvalue weighted by Gasteiger charge is 2.29. The van der Waals surface area contributed by atoms with Crippen molar-refractivity contribution in [3.63, 3.8) is 0 Å². The number of likely N-dealkylation sites (N-methyl/N-ethyl adjacent to an activating group) is 1. The number of pyridine rings is 1. The number of esters is 1. The van der Waals surface area contributed by atoms with Gasteiger partial charge in [0.2, 0.25) is 11.6 Å². The molecule has 36 heavy (non-hydrogen) atoms. The lowest BCUT2D eigenvalue weighted by Gasteiger charge is -2.24. The van der Waals surface area contributed by atoms with Crippen molar-refractivity contribution >= 4 is 28.9 Å². The third kappa shape index (κ3) is 7.11. The minimum atomic E-state index is -0.660.